The van der Waals surface area contributed by atoms with Crippen LogP contribution in [0.5, 0.6) is 0 Å². The van der Waals surface area contributed by atoms with Crippen LogP contribution in [-0.2, 0) is 14.3 Å². The first-order chi connectivity index (χ1) is 10.3. The molecule has 9 heteroatoms. The zero-order valence-electron chi connectivity index (χ0n) is 11.6. The van der Waals surface area contributed by atoms with E-state index in [1.54, 1.807) is 29.6 Å². The largest absolute Gasteiger partial charge is 0.454 e. The smallest absolute Gasteiger partial charge is 0.328 e. The van der Waals surface area contributed by atoms with E-state index in [1.165, 1.54) is 6.92 Å². The first kappa shape index (κ1) is 17.6. The number of carbonyl (C=O) groups excluding carboxylic acids is 4. The molecule has 1 aromatic carbocycles. The van der Waals surface area contributed by atoms with Crippen molar-refractivity contribution in [2.75, 3.05) is 6.61 Å². The Bertz CT molecular complexity index is 588. The predicted octanol–water partition coefficient (Wildman–Crippen LogP) is 0.306. The number of halogens is 1. The Morgan fingerprint density at radius 3 is 2.36 bits per heavy atom. The number of urea groups is 1. The molecule has 0 heterocycles. The highest BCUT2D eigenvalue weighted by Crippen LogP contribution is 2.10. The van der Waals surface area contributed by atoms with E-state index in [1.807, 2.05) is 0 Å². The van der Waals surface area contributed by atoms with Crippen LogP contribution in [0, 0.1) is 0 Å². The SMILES string of the molecule is C[C@H](NC(=O)c1ccc(Br)cc1)C(=O)OCC(=O)NC(N)=O. The van der Waals surface area contributed by atoms with E-state index < -0.39 is 36.5 Å². The molecule has 0 aliphatic heterocycles. The van der Waals surface area contributed by atoms with Crippen molar-refractivity contribution >= 4 is 39.7 Å². The quantitative estimate of drug-likeness (QED) is 0.641. The van der Waals surface area contributed by atoms with Crippen molar-refractivity contribution < 1.29 is 23.9 Å². The summed E-state index contributed by atoms with van der Waals surface area (Å²) in [6, 6.07) is 4.53. The molecule has 1 atom stereocenters. The second-order valence-electron chi connectivity index (χ2n) is 4.22. The number of hydrogen-bond acceptors (Lipinski definition) is 5. The van der Waals surface area contributed by atoms with Gasteiger partial charge in [-0.15, -0.1) is 0 Å². The average molecular weight is 372 g/mol. The number of rotatable bonds is 5. The van der Waals surface area contributed by atoms with Crippen molar-refractivity contribution in [2.24, 2.45) is 5.73 Å². The molecule has 22 heavy (non-hydrogen) atoms. The number of nitrogens with two attached hydrogens (primary N) is 1. The van der Waals surface area contributed by atoms with Gasteiger partial charge < -0.3 is 15.8 Å². The third-order valence-corrected chi connectivity index (χ3v) is 2.94. The third-order valence-electron chi connectivity index (χ3n) is 2.42. The van der Waals surface area contributed by atoms with E-state index in [0.29, 0.717) is 5.56 Å². The zero-order valence-corrected chi connectivity index (χ0v) is 13.2. The van der Waals surface area contributed by atoms with Crippen LogP contribution in [0.25, 0.3) is 0 Å². The summed E-state index contributed by atoms with van der Waals surface area (Å²) in [5.41, 5.74) is 5.10. The van der Waals surface area contributed by atoms with Gasteiger partial charge in [0, 0.05) is 10.0 Å². The van der Waals surface area contributed by atoms with Crippen LogP contribution in [0.1, 0.15) is 17.3 Å². The molecule has 1 aromatic rings. The predicted molar refractivity (Wildman–Crippen MR) is 79.8 cm³/mol. The summed E-state index contributed by atoms with van der Waals surface area (Å²) < 4.78 is 5.46. The molecule has 0 saturated heterocycles. The second-order valence-corrected chi connectivity index (χ2v) is 5.14. The minimum atomic E-state index is -1.04. The molecule has 0 radical (unpaired) electrons. The molecule has 4 N–H and O–H groups in total. The van der Waals surface area contributed by atoms with Gasteiger partial charge in [0.05, 0.1) is 0 Å². The van der Waals surface area contributed by atoms with Crippen LogP contribution in [0.3, 0.4) is 0 Å². The summed E-state index contributed by atoms with van der Waals surface area (Å²) in [6.45, 7) is 0.741. The van der Waals surface area contributed by atoms with Gasteiger partial charge in [-0.05, 0) is 31.2 Å². The van der Waals surface area contributed by atoms with Crippen molar-refractivity contribution in [1.29, 1.82) is 0 Å². The standard InChI is InChI=1S/C13H14BrN3O5/c1-7(12(20)22-6-10(18)17-13(15)21)16-11(19)8-2-4-9(14)5-3-8/h2-5,7H,6H2,1H3,(H,16,19)(H3,15,17,18,21)/t7-/m0/s1. The highest BCUT2D eigenvalue weighted by atomic mass is 79.9. The summed E-state index contributed by atoms with van der Waals surface area (Å²) in [6.07, 6.45) is 0. The average Bonchev–Trinajstić information content (AvgIpc) is 2.44. The lowest BCUT2D eigenvalue weighted by Gasteiger charge is -2.13. The Kier molecular flexibility index (Phi) is 6.51. The monoisotopic (exact) mass is 371 g/mol. The molecule has 0 spiro atoms. The van der Waals surface area contributed by atoms with Gasteiger partial charge in [0.1, 0.15) is 6.04 Å². The summed E-state index contributed by atoms with van der Waals surface area (Å²) >= 11 is 3.24. The van der Waals surface area contributed by atoms with Crippen LogP contribution in [-0.4, -0.2) is 36.5 Å². The van der Waals surface area contributed by atoms with E-state index in [0.717, 1.165) is 4.47 Å². The number of amides is 4. The molecule has 0 aliphatic carbocycles. The van der Waals surface area contributed by atoms with E-state index in [2.05, 4.69) is 26.0 Å². The van der Waals surface area contributed by atoms with E-state index in [4.69, 9.17) is 5.73 Å². The molecule has 0 fully saturated rings. The molecule has 0 unspecified atom stereocenters. The highest BCUT2D eigenvalue weighted by molar-refractivity contribution is 9.10. The number of imide groups is 1. The third kappa shape index (κ3) is 5.92. The molecule has 0 aromatic heterocycles. The number of primary amides is 1. The maximum Gasteiger partial charge on any atom is 0.328 e. The van der Waals surface area contributed by atoms with Gasteiger partial charge >= 0.3 is 12.0 Å². The fraction of sp³-hybridized carbons (Fsp3) is 0.231. The molecule has 118 valence electrons. The zero-order chi connectivity index (χ0) is 16.7. The van der Waals surface area contributed by atoms with Crippen LogP contribution in [0.2, 0.25) is 0 Å². The van der Waals surface area contributed by atoms with Gasteiger partial charge in [0.15, 0.2) is 6.61 Å². The topological polar surface area (TPSA) is 128 Å². The molecule has 0 saturated carbocycles. The number of benzene rings is 1. The molecule has 0 bridgehead atoms. The van der Waals surface area contributed by atoms with Crippen LogP contribution < -0.4 is 16.4 Å². The number of carbonyl (C=O) groups is 4. The van der Waals surface area contributed by atoms with Crippen LogP contribution in [0.4, 0.5) is 4.79 Å². The van der Waals surface area contributed by atoms with E-state index in [-0.39, 0.29) is 0 Å². The Morgan fingerprint density at radius 1 is 1.23 bits per heavy atom. The normalized spacial score (nSPS) is 11.2. The molecular weight excluding hydrogens is 358 g/mol. The fourth-order valence-electron chi connectivity index (χ4n) is 1.38. The molecule has 1 rings (SSSR count). The molecule has 4 amide bonds. The van der Waals surface area contributed by atoms with E-state index in [9.17, 15) is 19.2 Å². The van der Waals surface area contributed by atoms with Crippen molar-refractivity contribution in [3.05, 3.63) is 34.3 Å². The van der Waals surface area contributed by atoms with E-state index >= 15 is 0 Å². The maximum atomic E-state index is 11.9. The van der Waals surface area contributed by atoms with Crippen LogP contribution >= 0.6 is 15.9 Å². The van der Waals surface area contributed by atoms with Crippen molar-refractivity contribution in [2.45, 2.75) is 13.0 Å². The maximum absolute atomic E-state index is 11.9. The Labute approximate surface area is 134 Å². The lowest BCUT2D eigenvalue weighted by Crippen LogP contribution is -2.42. The second kappa shape index (κ2) is 8.13. The van der Waals surface area contributed by atoms with Crippen molar-refractivity contribution in [3.8, 4) is 0 Å². The molecule has 8 nitrogen and oxygen atoms in total. The minimum Gasteiger partial charge on any atom is -0.454 e. The summed E-state index contributed by atoms with van der Waals surface area (Å²) in [7, 11) is 0. The minimum absolute atomic E-state index is 0.370. The number of ether oxygens (including phenoxy) is 1. The van der Waals surface area contributed by atoms with Gasteiger partial charge in [-0.2, -0.15) is 0 Å². The van der Waals surface area contributed by atoms with Gasteiger partial charge in [0.2, 0.25) is 0 Å². The number of hydrogen-bond donors (Lipinski definition) is 3. The first-order valence-corrected chi connectivity index (χ1v) is 6.91. The fourth-order valence-corrected chi connectivity index (χ4v) is 1.64. The number of esters is 1. The Morgan fingerprint density at radius 2 is 1.82 bits per heavy atom. The molecule has 0 aliphatic rings. The van der Waals surface area contributed by atoms with Crippen molar-refractivity contribution in [3.63, 3.8) is 0 Å². The van der Waals surface area contributed by atoms with Crippen molar-refractivity contribution in [1.82, 2.24) is 10.6 Å². The molecular formula is C13H14BrN3O5. The first-order valence-electron chi connectivity index (χ1n) is 6.12. The lowest BCUT2D eigenvalue weighted by atomic mass is 10.2. The summed E-state index contributed by atoms with van der Waals surface area (Å²) in [5.74, 6) is -2.13. The Balaban J connectivity index is 2.46. The summed E-state index contributed by atoms with van der Waals surface area (Å²) in [4.78, 5) is 45.0. The van der Waals surface area contributed by atoms with Gasteiger partial charge in [0.25, 0.3) is 11.8 Å². The van der Waals surface area contributed by atoms with Gasteiger partial charge in [-0.25, -0.2) is 9.59 Å². The number of nitrogens with one attached hydrogen (secondary N) is 2. The van der Waals surface area contributed by atoms with Gasteiger partial charge in [-0.1, -0.05) is 15.9 Å². The highest BCUT2D eigenvalue weighted by Gasteiger charge is 2.19. The van der Waals surface area contributed by atoms with Gasteiger partial charge in [-0.3, -0.25) is 14.9 Å². The lowest BCUT2D eigenvalue weighted by molar-refractivity contribution is -0.149. The Hall–Kier alpha value is -2.42. The van der Waals surface area contributed by atoms with Crippen LogP contribution in [0.15, 0.2) is 28.7 Å². The summed E-state index contributed by atoms with van der Waals surface area (Å²) in [5, 5.41) is 4.17.